The Morgan fingerprint density at radius 1 is 1.07 bits per heavy atom. The van der Waals surface area contributed by atoms with E-state index in [0.29, 0.717) is 55.7 Å². The average Bonchev–Trinajstić information content (AvgIpc) is 3.38. The molecule has 0 saturated carbocycles. The zero-order chi connectivity index (χ0) is 29.4. The third-order valence-corrected chi connectivity index (χ3v) is 7.30. The van der Waals surface area contributed by atoms with Crippen LogP contribution in [0.4, 0.5) is 36.9 Å². The SMILES string of the molecule is CN(C(=O)c1c(F)cccc1F)c1cccc(-c2nc(N)sc2-c2ccnc(Nc3ccc4c(c3)OCC(=O)N4)n2)c1.Cl. The first-order valence-electron chi connectivity index (χ1n) is 12.5. The van der Waals surface area contributed by atoms with E-state index in [1.54, 1.807) is 54.7 Å². The van der Waals surface area contributed by atoms with Crippen LogP contribution in [-0.4, -0.2) is 40.4 Å². The molecule has 3 heterocycles. The number of thiazole rings is 1. The number of benzene rings is 3. The van der Waals surface area contributed by atoms with Gasteiger partial charge in [-0.3, -0.25) is 9.59 Å². The maximum Gasteiger partial charge on any atom is 0.263 e. The first-order valence-corrected chi connectivity index (χ1v) is 13.3. The third-order valence-electron chi connectivity index (χ3n) is 6.39. The molecule has 10 nitrogen and oxygen atoms in total. The van der Waals surface area contributed by atoms with Gasteiger partial charge in [-0.2, -0.15) is 0 Å². The van der Waals surface area contributed by atoms with Gasteiger partial charge in [-0.25, -0.2) is 23.7 Å². The van der Waals surface area contributed by atoms with Crippen molar-refractivity contribution >= 4 is 63.7 Å². The number of fused-ring (bicyclic) bond motifs is 1. The molecule has 0 radical (unpaired) electrons. The predicted molar refractivity (Wildman–Crippen MR) is 163 cm³/mol. The summed E-state index contributed by atoms with van der Waals surface area (Å²) >= 11 is 1.23. The standard InChI is InChI=1S/C29H21F2N7O3S.ClH/c1-38(27(40)24-18(30)6-3-7-19(24)31)17-5-2-4-15(12-17)25-26(42-28(32)37-25)21-10-11-33-29(36-21)34-16-8-9-20-22(13-16)41-14-23(39)35-20;/h2-13H,14H2,1H3,(H2,32,37)(H,35,39)(H,33,34,36);1H. The van der Waals surface area contributed by atoms with E-state index in [1.165, 1.54) is 29.4 Å². The second-order valence-corrected chi connectivity index (χ2v) is 10.2. The summed E-state index contributed by atoms with van der Waals surface area (Å²) in [6.45, 7) is -0.0663. The summed E-state index contributed by atoms with van der Waals surface area (Å²) in [6.07, 6.45) is 1.59. The number of amides is 2. The van der Waals surface area contributed by atoms with Crippen molar-refractivity contribution in [1.29, 1.82) is 0 Å². The molecule has 0 saturated heterocycles. The minimum Gasteiger partial charge on any atom is -0.482 e. The molecule has 0 unspecified atom stereocenters. The largest absolute Gasteiger partial charge is 0.482 e. The van der Waals surface area contributed by atoms with Crippen molar-refractivity contribution in [3.05, 3.63) is 90.1 Å². The second kappa shape index (κ2) is 12.0. The van der Waals surface area contributed by atoms with Crippen LogP contribution in [0, 0.1) is 11.6 Å². The summed E-state index contributed by atoms with van der Waals surface area (Å²) in [5, 5.41) is 6.17. The van der Waals surface area contributed by atoms with Crippen LogP contribution in [0.1, 0.15) is 10.4 Å². The van der Waals surface area contributed by atoms with E-state index in [1.807, 2.05) is 0 Å². The number of hydrogen-bond acceptors (Lipinski definition) is 9. The van der Waals surface area contributed by atoms with E-state index >= 15 is 0 Å². The molecule has 0 aliphatic carbocycles. The number of nitrogens with one attached hydrogen (secondary N) is 2. The number of nitrogen functional groups attached to an aromatic ring is 1. The molecule has 14 heteroatoms. The first-order chi connectivity index (χ1) is 20.3. The van der Waals surface area contributed by atoms with Gasteiger partial charge in [-0.15, -0.1) is 12.4 Å². The molecule has 1 aliphatic heterocycles. The second-order valence-electron chi connectivity index (χ2n) is 9.18. The van der Waals surface area contributed by atoms with Gasteiger partial charge in [0.05, 0.1) is 22.0 Å². The van der Waals surface area contributed by atoms with Crippen LogP contribution in [0.25, 0.3) is 21.8 Å². The van der Waals surface area contributed by atoms with Gasteiger partial charge in [0.15, 0.2) is 11.7 Å². The monoisotopic (exact) mass is 621 g/mol. The van der Waals surface area contributed by atoms with E-state index in [4.69, 9.17) is 10.5 Å². The average molecular weight is 622 g/mol. The van der Waals surface area contributed by atoms with Crippen molar-refractivity contribution in [2.75, 3.05) is 34.9 Å². The Bertz CT molecular complexity index is 1850. The van der Waals surface area contributed by atoms with Crippen molar-refractivity contribution in [2.24, 2.45) is 0 Å². The van der Waals surface area contributed by atoms with E-state index < -0.39 is 23.1 Å². The van der Waals surface area contributed by atoms with Gasteiger partial charge in [-0.05, 0) is 42.5 Å². The van der Waals surface area contributed by atoms with Gasteiger partial charge in [-0.1, -0.05) is 29.5 Å². The fraction of sp³-hybridized carbons (Fsp3) is 0.0690. The molecule has 5 aromatic rings. The van der Waals surface area contributed by atoms with Gasteiger partial charge < -0.3 is 26.0 Å². The number of aromatic nitrogens is 3. The quantitative estimate of drug-likeness (QED) is 0.213. The van der Waals surface area contributed by atoms with Crippen molar-refractivity contribution in [2.45, 2.75) is 0 Å². The molecular formula is C29H22ClF2N7O3S. The van der Waals surface area contributed by atoms with Crippen LogP contribution in [0.2, 0.25) is 0 Å². The normalized spacial score (nSPS) is 11.9. The Morgan fingerprint density at radius 3 is 2.63 bits per heavy atom. The predicted octanol–water partition coefficient (Wildman–Crippen LogP) is 5.90. The Hall–Kier alpha value is -5.14. The molecule has 218 valence electrons. The molecule has 6 rings (SSSR count). The lowest BCUT2D eigenvalue weighted by molar-refractivity contribution is -0.118. The molecule has 2 amide bonds. The number of hydrogen-bond donors (Lipinski definition) is 3. The minimum absolute atomic E-state index is 0. The minimum atomic E-state index is -0.944. The van der Waals surface area contributed by atoms with Crippen molar-refractivity contribution in [3.8, 4) is 27.6 Å². The van der Waals surface area contributed by atoms with Crippen LogP contribution in [0.5, 0.6) is 5.75 Å². The molecular weight excluding hydrogens is 600 g/mol. The number of nitrogens with zero attached hydrogens (tertiary/aromatic N) is 4. The van der Waals surface area contributed by atoms with Crippen LogP contribution in [-0.2, 0) is 4.79 Å². The molecule has 3 aromatic carbocycles. The summed E-state index contributed by atoms with van der Waals surface area (Å²) in [6, 6.07) is 17.0. The van der Waals surface area contributed by atoms with E-state index in [2.05, 4.69) is 25.6 Å². The van der Waals surface area contributed by atoms with Crippen LogP contribution in [0.3, 0.4) is 0 Å². The Kier molecular flexibility index (Phi) is 8.19. The molecule has 4 N–H and O–H groups in total. The molecule has 43 heavy (non-hydrogen) atoms. The lowest BCUT2D eigenvalue weighted by Gasteiger charge is -2.19. The number of anilines is 5. The number of carbonyl (C=O) groups is 2. The number of rotatable bonds is 6. The van der Waals surface area contributed by atoms with Crippen LogP contribution < -0.4 is 26.0 Å². The zero-order valence-corrected chi connectivity index (χ0v) is 23.9. The lowest BCUT2D eigenvalue weighted by Crippen LogP contribution is -2.28. The molecule has 2 aromatic heterocycles. The molecule has 0 atom stereocenters. The smallest absolute Gasteiger partial charge is 0.263 e. The highest BCUT2D eigenvalue weighted by atomic mass is 35.5. The summed E-state index contributed by atoms with van der Waals surface area (Å²) in [4.78, 5) is 39.8. The van der Waals surface area contributed by atoms with Crippen LogP contribution in [0.15, 0.2) is 72.9 Å². The topological polar surface area (TPSA) is 135 Å². The fourth-order valence-corrected chi connectivity index (χ4v) is 5.21. The molecule has 0 spiro atoms. The maximum atomic E-state index is 14.3. The van der Waals surface area contributed by atoms with Gasteiger partial charge in [0.25, 0.3) is 11.8 Å². The van der Waals surface area contributed by atoms with Crippen LogP contribution >= 0.6 is 23.7 Å². The highest BCUT2D eigenvalue weighted by Crippen LogP contribution is 2.39. The summed E-state index contributed by atoms with van der Waals surface area (Å²) in [7, 11) is 1.44. The highest BCUT2D eigenvalue weighted by molar-refractivity contribution is 7.19. The summed E-state index contributed by atoms with van der Waals surface area (Å²) in [5.74, 6) is -2.12. The summed E-state index contributed by atoms with van der Waals surface area (Å²) < 4.78 is 34.0. The van der Waals surface area contributed by atoms with Gasteiger partial charge in [0.2, 0.25) is 5.95 Å². The molecule has 0 fully saturated rings. The number of nitrogens with two attached hydrogens (primary N) is 1. The van der Waals surface area contributed by atoms with Gasteiger partial charge >= 0.3 is 0 Å². The van der Waals surface area contributed by atoms with E-state index in [-0.39, 0.29) is 24.9 Å². The van der Waals surface area contributed by atoms with E-state index in [9.17, 15) is 18.4 Å². The molecule has 0 bridgehead atoms. The maximum absolute atomic E-state index is 14.3. The Morgan fingerprint density at radius 2 is 1.84 bits per heavy atom. The Labute approximate surface area is 254 Å². The zero-order valence-electron chi connectivity index (χ0n) is 22.3. The van der Waals surface area contributed by atoms with Crippen molar-refractivity contribution < 1.29 is 23.1 Å². The van der Waals surface area contributed by atoms with E-state index in [0.717, 1.165) is 12.1 Å². The highest BCUT2D eigenvalue weighted by Gasteiger charge is 2.23. The first kappa shape index (κ1) is 29.4. The fourth-order valence-electron chi connectivity index (χ4n) is 4.38. The van der Waals surface area contributed by atoms with Crippen molar-refractivity contribution in [3.63, 3.8) is 0 Å². The summed E-state index contributed by atoms with van der Waals surface area (Å²) in [5.41, 5.74) is 8.76. The number of halogens is 3. The van der Waals surface area contributed by atoms with Gasteiger partial charge in [0, 0.05) is 36.2 Å². The Balaban J connectivity index is 0.00000368. The van der Waals surface area contributed by atoms with Gasteiger partial charge in [0.1, 0.15) is 22.9 Å². The third kappa shape index (κ3) is 5.94. The number of ether oxygens (including phenoxy) is 1. The van der Waals surface area contributed by atoms with Crippen molar-refractivity contribution in [1.82, 2.24) is 15.0 Å². The number of carbonyl (C=O) groups excluding carboxylic acids is 2. The molecule has 1 aliphatic rings. The lowest BCUT2D eigenvalue weighted by atomic mass is 10.1.